The highest BCUT2D eigenvalue weighted by atomic mass is 16.6. The van der Waals surface area contributed by atoms with Crippen LogP contribution in [0, 0.1) is 10.1 Å². The lowest BCUT2D eigenvalue weighted by atomic mass is 10.1. The highest BCUT2D eigenvalue weighted by Gasteiger charge is 2.16. The molecule has 1 unspecified atom stereocenters. The van der Waals surface area contributed by atoms with Gasteiger partial charge in [-0.3, -0.25) is 10.1 Å². The van der Waals surface area contributed by atoms with Gasteiger partial charge in [0.25, 0.3) is 5.69 Å². The van der Waals surface area contributed by atoms with Gasteiger partial charge in [-0.1, -0.05) is 0 Å². The molecule has 2 rings (SSSR count). The zero-order valence-electron chi connectivity index (χ0n) is 11.6. The van der Waals surface area contributed by atoms with Crippen molar-refractivity contribution in [1.82, 2.24) is 0 Å². The molecule has 0 saturated carbocycles. The number of methoxy groups -OCH3 is 1. The van der Waals surface area contributed by atoms with Crippen LogP contribution in [-0.4, -0.2) is 31.3 Å². The van der Waals surface area contributed by atoms with Crippen LogP contribution in [0.15, 0.2) is 18.2 Å². The lowest BCUT2D eigenvalue weighted by Gasteiger charge is -2.22. The minimum Gasteiger partial charge on any atom is -0.497 e. The van der Waals surface area contributed by atoms with Crippen LogP contribution in [0.3, 0.4) is 0 Å². The first-order valence-corrected chi connectivity index (χ1v) is 6.88. The Balaban J connectivity index is 1.94. The predicted molar refractivity (Wildman–Crippen MR) is 76.3 cm³/mol. The number of nitro benzene ring substituents is 1. The molecule has 1 heterocycles. The third-order valence-electron chi connectivity index (χ3n) is 3.46. The fourth-order valence-electron chi connectivity index (χ4n) is 2.35. The fourth-order valence-corrected chi connectivity index (χ4v) is 2.35. The molecule has 1 saturated heterocycles. The van der Waals surface area contributed by atoms with Crippen molar-refractivity contribution in [2.45, 2.75) is 31.8 Å². The molecule has 1 atom stereocenters. The molecule has 1 aromatic rings. The van der Waals surface area contributed by atoms with Crippen LogP contribution in [0.2, 0.25) is 0 Å². The topological polar surface area (TPSA) is 73.6 Å². The van der Waals surface area contributed by atoms with Crippen LogP contribution in [-0.2, 0) is 4.74 Å². The first kappa shape index (κ1) is 14.6. The number of benzene rings is 1. The van der Waals surface area contributed by atoms with E-state index >= 15 is 0 Å². The van der Waals surface area contributed by atoms with Gasteiger partial charge in [-0.05, 0) is 31.7 Å². The van der Waals surface area contributed by atoms with E-state index in [-0.39, 0.29) is 16.7 Å². The van der Waals surface area contributed by atoms with Gasteiger partial charge in [0.2, 0.25) is 0 Å². The standard InChI is InChI=1S/C14H20N2O4/c1-19-12-5-6-14(16(17)18)13(10-12)15-8-7-11-4-2-3-9-20-11/h5-6,10-11,15H,2-4,7-9H2,1H3. The lowest BCUT2D eigenvalue weighted by molar-refractivity contribution is -0.384. The van der Waals surface area contributed by atoms with Gasteiger partial charge in [0.1, 0.15) is 11.4 Å². The first-order chi connectivity index (χ1) is 9.70. The second kappa shape index (κ2) is 7.09. The maximum Gasteiger partial charge on any atom is 0.292 e. The molecule has 1 N–H and O–H groups in total. The van der Waals surface area contributed by atoms with Crippen LogP contribution in [0.5, 0.6) is 5.75 Å². The monoisotopic (exact) mass is 280 g/mol. The summed E-state index contributed by atoms with van der Waals surface area (Å²) in [6.07, 6.45) is 4.52. The SMILES string of the molecule is COc1ccc([N+](=O)[O-])c(NCCC2CCCCO2)c1. The summed E-state index contributed by atoms with van der Waals surface area (Å²) in [5.41, 5.74) is 0.556. The molecule has 0 aliphatic carbocycles. The van der Waals surface area contributed by atoms with Crippen molar-refractivity contribution in [3.05, 3.63) is 28.3 Å². The van der Waals surface area contributed by atoms with Gasteiger partial charge in [-0.2, -0.15) is 0 Å². The molecule has 20 heavy (non-hydrogen) atoms. The Labute approximate surface area is 118 Å². The normalized spacial score (nSPS) is 18.6. The Kier molecular flexibility index (Phi) is 5.17. The van der Waals surface area contributed by atoms with Crippen molar-refractivity contribution >= 4 is 11.4 Å². The van der Waals surface area contributed by atoms with E-state index in [0.717, 1.165) is 25.9 Å². The Morgan fingerprint density at radius 3 is 3.00 bits per heavy atom. The molecular weight excluding hydrogens is 260 g/mol. The molecule has 110 valence electrons. The Hall–Kier alpha value is -1.82. The van der Waals surface area contributed by atoms with Crippen molar-refractivity contribution in [1.29, 1.82) is 0 Å². The van der Waals surface area contributed by atoms with Crippen LogP contribution in [0.25, 0.3) is 0 Å². The quantitative estimate of drug-likeness (QED) is 0.640. The summed E-state index contributed by atoms with van der Waals surface area (Å²) in [6, 6.07) is 4.70. The largest absolute Gasteiger partial charge is 0.497 e. The van der Waals surface area contributed by atoms with E-state index in [0.29, 0.717) is 18.0 Å². The minimum atomic E-state index is -0.390. The van der Waals surface area contributed by atoms with Gasteiger partial charge in [-0.15, -0.1) is 0 Å². The number of anilines is 1. The average molecular weight is 280 g/mol. The summed E-state index contributed by atoms with van der Waals surface area (Å²) in [6.45, 7) is 1.47. The average Bonchev–Trinajstić information content (AvgIpc) is 2.48. The zero-order chi connectivity index (χ0) is 14.4. The zero-order valence-corrected chi connectivity index (χ0v) is 11.6. The molecule has 6 nitrogen and oxygen atoms in total. The minimum absolute atomic E-state index is 0.0652. The van der Waals surface area contributed by atoms with E-state index in [1.807, 2.05) is 0 Å². The molecule has 0 amide bonds. The van der Waals surface area contributed by atoms with Gasteiger partial charge < -0.3 is 14.8 Å². The van der Waals surface area contributed by atoms with E-state index in [1.54, 1.807) is 19.2 Å². The molecule has 0 bridgehead atoms. The highest BCUT2D eigenvalue weighted by molar-refractivity contribution is 5.64. The van der Waals surface area contributed by atoms with Crippen molar-refractivity contribution in [2.24, 2.45) is 0 Å². The second-order valence-corrected chi connectivity index (χ2v) is 4.84. The maximum absolute atomic E-state index is 11.0. The highest BCUT2D eigenvalue weighted by Crippen LogP contribution is 2.29. The summed E-state index contributed by atoms with van der Waals surface area (Å²) >= 11 is 0. The number of ether oxygens (including phenoxy) is 2. The first-order valence-electron chi connectivity index (χ1n) is 6.88. The second-order valence-electron chi connectivity index (χ2n) is 4.84. The molecule has 0 spiro atoms. The van der Waals surface area contributed by atoms with Crippen molar-refractivity contribution in [3.8, 4) is 5.75 Å². The Bertz CT molecular complexity index is 458. The molecule has 0 aromatic heterocycles. The van der Waals surface area contributed by atoms with Gasteiger partial charge in [0.05, 0.1) is 18.1 Å². The molecule has 6 heteroatoms. The molecule has 1 fully saturated rings. The fraction of sp³-hybridized carbons (Fsp3) is 0.571. The predicted octanol–water partition coefficient (Wildman–Crippen LogP) is 2.97. The number of hydrogen-bond acceptors (Lipinski definition) is 5. The van der Waals surface area contributed by atoms with E-state index in [4.69, 9.17) is 9.47 Å². The van der Waals surface area contributed by atoms with Crippen LogP contribution < -0.4 is 10.1 Å². The summed E-state index contributed by atoms with van der Waals surface area (Å²) in [7, 11) is 1.54. The summed E-state index contributed by atoms with van der Waals surface area (Å²) in [5.74, 6) is 0.604. The summed E-state index contributed by atoms with van der Waals surface area (Å²) in [4.78, 5) is 10.6. The number of hydrogen-bond donors (Lipinski definition) is 1. The Morgan fingerprint density at radius 2 is 2.35 bits per heavy atom. The molecule has 1 aromatic carbocycles. The molecule has 0 radical (unpaired) electrons. The number of nitro groups is 1. The summed E-state index contributed by atoms with van der Waals surface area (Å²) < 4.78 is 10.7. The third-order valence-corrected chi connectivity index (χ3v) is 3.46. The van der Waals surface area contributed by atoms with Gasteiger partial charge in [0.15, 0.2) is 0 Å². The van der Waals surface area contributed by atoms with Gasteiger partial charge >= 0.3 is 0 Å². The molecule has 1 aliphatic heterocycles. The van der Waals surface area contributed by atoms with Crippen molar-refractivity contribution < 1.29 is 14.4 Å². The van der Waals surface area contributed by atoms with Crippen LogP contribution in [0.4, 0.5) is 11.4 Å². The van der Waals surface area contributed by atoms with Gasteiger partial charge in [0, 0.05) is 25.3 Å². The number of nitrogens with one attached hydrogen (secondary N) is 1. The maximum atomic E-state index is 11.0. The number of nitrogens with zero attached hydrogens (tertiary/aromatic N) is 1. The van der Waals surface area contributed by atoms with Crippen LogP contribution >= 0.6 is 0 Å². The smallest absolute Gasteiger partial charge is 0.292 e. The van der Waals surface area contributed by atoms with Crippen molar-refractivity contribution in [3.63, 3.8) is 0 Å². The third kappa shape index (κ3) is 3.84. The summed E-state index contributed by atoms with van der Waals surface area (Å²) in [5, 5.41) is 14.1. The van der Waals surface area contributed by atoms with E-state index in [9.17, 15) is 10.1 Å². The lowest BCUT2D eigenvalue weighted by Crippen LogP contribution is -2.22. The van der Waals surface area contributed by atoms with E-state index in [2.05, 4.69) is 5.32 Å². The molecular formula is C14H20N2O4. The van der Waals surface area contributed by atoms with Crippen molar-refractivity contribution in [2.75, 3.05) is 25.6 Å². The Morgan fingerprint density at radius 1 is 1.50 bits per heavy atom. The number of rotatable bonds is 6. The van der Waals surface area contributed by atoms with E-state index in [1.165, 1.54) is 12.5 Å². The van der Waals surface area contributed by atoms with Crippen LogP contribution in [0.1, 0.15) is 25.7 Å². The van der Waals surface area contributed by atoms with Gasteiger partial charge in [-0.25, -0.2) is 0 Å². The molecule has 1 aliphatic rings. The van der Waals surface area contributed by atoms with E-state index < -0.39 is 0 Å².